The van der Waals surface area contributed by atoms with Gasteiger partial charge in [-0.25, -0.2) is 14.5 Å². The van der Waals surface area contributed by atoms with Crippen molar-refractivity contribution in [1.82, 2.24) is 0 Å². The zero-order chi connectivity index (χ0) is 22.9. The summed E-state index contributed by atoms with van der Waals surface area (Å²) < 4.78 is 11.3. The van der Waals surface area contributed by atoms with Gasteiger partial charge in [0, 0.05) is 6.42 Å². The average molecular weight is 432 g/mol. The molecule has 3 aromatic carbocycles. The number of carbonyl (C=O) groups excluding carboxylic acids is 2. The van der Waals surface area contributed by atoms with Crippen LogP contribution < -0.4 is 4.90 Å². The predicted molar refractivity (Wildman–Crippen MR) is 126 cm³/mol. The third-order valence-electron chi connectivity index (χ3n) is 5.08. The SMILES string of the molecule is CCc1ccc(C(=O)OC(C)CC(C)OC(=O)N(c2ccccc2)c2ccccc2)cc1. The van der Waals surface area contributed by atoms with Gasteiger partial charge in [-0.15, -0.1) is 0 Å². The topological polar surface area (TPSA) is 55.8 Å². The van der Waals surface area contributed by atoms with Crippen LogP contribution in [0.25, 0.3) is 0 Å². The zero-order valence-electron chi connectivity index (χ0n) is 18.7. The molecule has 5 nitrogen and oxygen atoms in total. The number of anilines is 2. The Kier molecular flexibility index (Phi) is 8.03. The minimum Gasteiger partial charge on any atom is -0.459 e. The molecule has 0 aliphatic carbocycles. The maximum absolute atomic E-state index is 13.0. The Labute approximate surface area is 189 Å². The number of ether oxygens (including phenoxy) is 2. The van der Waals surface area contributed by atoms with E-state index in [0.717, 1.165) is 12.0 Å². The van der Waals surface area contributed by atoms with Crippen molar-refractivity contribution >= 4 is 23.4 Å². The van der Waals surface area contributed by atoms with Crippen molar-refractivity contribution in [2.75, 3.05) is 4.90 Å². The molecule has 32 heavy (non-hydrogen) atoms. The molecule has 0 fully saturated rings. The fourth-order valence-electron chi connectivity index (χ4n) is 3.43. The Balaban J connectivity index is 1.61. The van der Waals surface area contributed by atoms with E-state index in [1.54, 1.807) is 26.0 Å². The van der Waals surface area contributed by atoms with Gasteiger partial charge < -0.3 is 9.47 Å². The summed E-state index contributed by atoms with van der Waals surface area (Å²) in [6.07, 6.45) is -0.0242. The van der Waals surface area contributed by atoms with E-state index in [0.29, 0.717) is 23.4 Å². The molecule has 1 amide bonds. The van der Waals surface area contributed by atoms with Gasteiger partial charge in [0.15, 0.2) is 0 Å². The molecule has 5 heteroatoms. The largest absolute Gasteiger partial charge is 0.459 e. The summed E-state index contributed by atoms with van der Waals surface area (Å²) in [7, 11) is 0. The summed E-state index contributed by atoms with van der Waals surface area (Å²) in [5.74, 6) is -0.381. The molecule has 0 aliphatic rings. The number of hydrogen-bond donors (Lipinski definition) is 0. The third kappa shape index (κ3) is 6.20. The normalized spacial score (nSPS) is 12.5. The second-order valence-corrected chi connectivity index (χ2v) is 7.70. The van der Waals surface area contributed by atoms with Crippen molar-refractivity contribution in [2.45, 2.75) is 45.8 Å². The van der Waals surface area contributed by atoms with Crippen LogP contribution in [0.2, 0.25) is 0 Å². The molecule has 0 radical (unpaired) electrons. The molecular formula is C27H29NO4. The average Bonchev–Trinajstić information content (AvgIpc) is 2.80. The maximum atomic E-state index is 13.0. The monoisotopic (exact) mass is 431 g/mol. The molecule has 0 heterocycles. The highest BCUT2D eigenvalue weighted by Crippen LogP contribution is 2.26. The van der Waals surface area contributed by atoms with E-state index in [1.165, 1.54) is 4.90 Å². The van der Waals surface area contributed by atoms with Gasteiger partial charge in [-0.2, -0.15) is 0 Å². The highest BCUT2D eigenvalue weighted by atomic mass is 16.6. The summed E-state index contributed by atoms with van der Waals surface area (Å²) in [5.41, 5.74) is 3.10. The van der Waals surface area contributed by atoms with E-state index in [-0.39, 0.29) is 5.97 Å². The van der Waals surface area contributed by atoms with Crippen LogP contribution in [-0.2, 0) is 15.9 Å². The number of aryl methyl sites for hydroxylation is 1. The summed E-state index contributed by atoms with van der Waals surface area (Å²) in [4.78, 5) is 27.0. The highest BCUT2D eigenvalue weighted by Gasteiger charge is 2.23. The Bertz CT molecular complexity index is 963. The van der Waals surface area contributed by atoms with Crippen LogP contribution in [0.5, 0.6) is 0 Å². The predicted octanol–water partition coefficient (Wildman–Crippen LogP) is 6.55. The summed E-state index contributed by atoms with van der Waals surface area (Å²) in [6.45, 7) is 5.66. The van der Waals surface area contributed by atoms with Crippen molar-refractivity contribution in [3.8, 4) is 0 Å². The van der Waals surface area contributed by atoms with Gasteiger partial charge in [-0.3, -0.25) is 0 Å². The van der Waals surface area contributed by atoms with Crippen LogP contribution in [0.4, 0.5) is 16.2 Å². The molecule has 0 spiro atoms. The number of esters is 1. The number of amides is 1. The number of nitrogens with zero attached hydrogens (tertiary/aromatic N) is 1. The molecule has 2 atom stereocenters. The van der Waals surface area contributed by atoms with Crippen molar-refractivity contribution in [1.29, 1.82) is 0 Å². The van der Waals surface area contributed by atoms with Crippen molar-refractivity contribution < 1.29 is 19.1 Å². The number of rotatable bonds is 8. The number of carbonyl (C=O) groups is 2. The van der Waals surface area contributed by atoms with Crippen LogP contribution in [0, 0.1) is 0 Å². The molecule has 3 aromatic rings. The summed E-state index contributed by atoms with van der Waals surface area (Å²) in [6, 6.07) is 26.1. The first-order valence-corrected chi connectivity index (χ1v) is 10.9. The van der Waals surface area contributed by atoms with Gasteiger partial charge in [0.1, 0.15) is 12.2 Å². The quantitative estimate of drug-likeness (QED) is 0.380. The fourth-order valence-corrected chi connectivity index (χ4v) is 3.43. The molecule has 0 aliphatic heterocycles. The Morgan fingerprint density at radius 2 is 1.25 bits per heavy atom. The van der Waals surface area contributed by atoms with Gasteiger partial charge in [0.2, 0.25) is 0 Å². The molecule has 2 unspecified atom stereocenters. The lowest BCUT2D eigenvalue weighted by atomic mass is 10.1. The second-order valence-electron chi connectivity index (χ2n) is 7.70. The lowest BCUT2D eigenvalue weighted by Crippen LogP contribution is -2.31. The molecule has 0 saturated heterocycles. The lowest BCUT2D eigenvalue weighted by Gasteiger charge is -2.25. The first-order chi connectivity index (χ1) is 15.5. The van der Waals surface area contributed by atoms with Crippen LogP contribution in [0.15, 0.2) is 84.9 Å². The van der Waals surface area contributed by atoms with Crippen molar-refractivity contribution in [3.63, 3.8) is 0 Å². The molecule has 0 bridgehead atoms. The summed E-state index contributed by atoms with van der Waals surface area (Å²) in [5, 5.41) is 0. The van der Waals surface area contributed by atoms with E-state index in [1.807, 2.05) is 72.8 Å². The molecular weight excluding hydrogens is 402 g/mol. The van der Waals surface area contributed by atoms with Gasteiger partial charge in [-0.05, 0) is 62.2 Å². The highest BCUT2D eigenvalue weighted by molar-refractivity contribution is 5.96. The lowest BCUT2D eigenvalue weighted by molar-refractivity contribution is 0.0197. The molecule has 0 aromatic heterocycles. The van der Waals surface area contributed by atoms with E-state index in [2.05, 4.69) is 6.92 Å². The number of hydrogen-bond acceptors (Lipinski definition) is 4. The Morgan fingerprint density at radius 3 is 1.75 bits per heavy atom. The van der Waals surface area contributed by atoms with Crippen LogP contribution >= 0.6 is 0 Å². The zero-order valence-corrected chi connectivity index (χ0v) is 18.7. The molecule has 0 N–H and O–H groups in total. The molecule has 0 saturated carbocycles. The van der Waals surface area contributed by atoms with E-state index in [9.17, 15) is 9.59 Å². The standard InChI is InChI=1S/C27H29NO4/c1-4-22-15-17-23(18-16-22)26(29)31-20(2)19-21(3)32-27(30)28(24-11-7-5-8-12-24)25-13-9-6-10-14-25/h5-18,20-21H,4,19H2,1-3H3. The van der Waals surface area contributed by atoms with Crippen LogP contribution in [0.3, 0.4) is 0 Å². The minimum absolute atomic E-state index is 0.381. The fraction of sp³-hybridized carbons (Fsp3) is 0.259. The molecule has 166 valence electrons. The number of benzene rings is 3. The van der Waals surface area contributed by atoms with Crippen LogP contribution in [-0.4, -0.2) is 24.3 Å². The number of para-hydroxylation sites is 2. The first-order valence-electron chi connectivity index (χ1n) is 10.9. The van der Waals surface area contributed by atoms with Crippen LogP contribution in [0.1, 0.15) is 43.1 Å². The van der Waals surface area contributed by atoms with E-state index in [4.69, 9.17) is 9.47 Å². The Hall–Kier alpha value is -3.60. The van der Waals surface area contributed by atoms with Gasteiger partial charge in [-0.1, -0.05) is 55.5 Å². The van der Waals surface area contributed by atoms with E-state index >= 15 is 0 Å². The summed E-state index contributed by atoms with van der Waals surface area (Å²) >= 11 is 0. The smallest absolute Gasteiger partial charge is 0.419 e. The molecule has 3 rings (SSSR count). The maximum Gasteiger partial charge on any atom is 0.419 e. The Morgan fingerprint density at radius 1 is 0.750 bits per heavy atom. The van der Waals surface area contributed by atoms with Crippen molar-refractivity contribution in [3.05, 3.63) is 96.1 Å². The second kappa shape index (κ2) is 11.1. The van der Waals surface area contributed by atoms with Gasteiger partial charge >= 0.3 is 12.1 Å². The minimum atomic E-state index is -0.483. The van der Waals surface area contributed by atoms with E-state index < -0.39 is 18.3 Å². The third-order valence-corrected chi connectivity index (χ3v) is 5.08. The van der Waals surface area contributed by atoms with Gasteiger partial charge in [0.25, 0.3) is 0 Å². The van der Waals surface area contributed by atoms with Crippen molar-refractivity contribution in [2.24, 2.45) is 0 Å². The first kappa shape index (κ1) is 23.1. The van der Waals surface area contributed by atoms with Gasteiger partial charge in [0.05, 0.1) is 16.9 Å².